The number of aromatic nitrogens is 1. The Hall–Kier alpha value is -4.98. The highest BCUT2D eigenvalue weighted by atomic mass is 35.5. The van der Waals surface area contributed by atoms with Crippen LogP contribution >= 0.6 is 23.2 Å². The van der Waals surface area contributed by atoms with Gasteiger partial charge in [-0.2, -0.15) is 5.10 Å². The maximum atomic E-state index is 12.8. The topological polar surface area (TPSA) is 78.0 Å². The predicted octanol–water partition coefficient (Wildman–Crippen LogP) is 9.07. The Labute approximate surface area is 270 Å². The van der Waals surface area contributed by atoms with E-state index in [0.717, 1.165) is 39.0 Å². The van der Waals surface area contributed by atoms with Crippen molar-refractivity contribution in [2.45, 2.75) is 27.1 Å². The van der Waals surface area contributed by atoms with Crippen LogP contribution in [0.4, 0.5) is 0 Å². The molecule has 0 fully saturated rings. The molecule has 9 heteroatoms. The van der Waals surface area contributed by atoms with Crippen molar-refractivity contribution in [3.8, 4) is 17.2 Å². The smallest absolute Gasteiger partial charge is 0.307 e. The standard InChI is InChI=1S/C36H29Cl2N3O4/c1-23-7-8-24(2)41(23)27-11-13-28(14-12-27)43-22-29-15-18-35(45-29)36(42)40-39-20-31-30-6-4-3-5-26(30)10-17-34(31)44-21-25-9-16-32(37)33(38)19-25/h3-20H,21-22H2,1-2H3,(H,40,42)/b39-20+. The van der Waals surface area contributed by atoms with E-state index < -0.39 is 5.91 Å². The molecule has 0 bridgehead atoms. The van der Waals surface area contributed by atoms with Crippen LogP contribution < -0.4 is 14.9 Å². The summed E-state index contributed by atoms with van der Waals surface area (Å²) in [5.41, 5.74) is 7.52. The molecular weight excluding hydrogens is 609 g/mol. The number of benzene rings is 4. The Balaban J connectivity index is 1.09. The molecule has 2 heterocycles. The highest BCUT2D eigenvalue weighted by Gasteiger charge is 2.13. The third-order valence-electron chi connectivity index (χ3n) is 7.30. The molecular formula is C36H29Cl2N3O4. The van der Waals surface area contributed by atoms with Crippen molar-refractivity contribution in [1.82, 2.24) is 9.99 Å². The molecule has 0 unspecified atom stereocenters. The maximum absolute atomic E-state index is 12.8. The van der Waals surface area contributed by atoms with E-state index >= 15 is 0 Å². The molecule has 6 aromatic rings. The monoisotopic (exact) mass is 637 g/mol. The van der Waals surface area contributed by atoms with Crippen molar-refractivity contribution in [2.24, 2.45) is 5.10 Å². The fourth-order valence-electron chi connectivity index (χ4n) is 5.03. The number of aryl methyl sites for hydroxylation is 2. The first-order valence-electron chi connectivity index (χ1n) is 14.2. The van der Waals surface area contributed by atoms with Crippen LogP contribution in [-0.4, -0.2) is 16.7 Å². The second-order valence-corrected chi connectivity index (χ2v) is 11.2. The lowest BCUT2D eigenvalue weighted by atomic mass is 10.0. The number of amides is 1. The van der Waals surface area contributed by atoms with Crippen LogP contribution in [0.25, 0.3) is 16.5 Å². The minimum Gasteiger partial charge on any atom is -0.488 e. The van der Waals surface area contributed by atoms with E-state index in [4.69, 9.17) is 37.1 Å². The molecule has 0 atom stereocenters. The summed E-state index contributed by atoms with van der Waals surface area (Å²) in [7, 11) is 0. The minimum atomic E-state index is -0.488. The molecule has 1 N–H and O–H groups in total. The SMILES string of the molecule is Cc1ccc(C)n1-c1ccc(OCc2ccc(C(=O)N/N=C/c3c(OCc4ccc(Cl)c(Cl)c4)ccc4ccccc34)o2)cc1. The van der Waals surface area contributed by atoms with Gasteiger partial charge in [0.1, 0.15) is 30.5 Å². The zero-order valence-corrected chi connectivity index (χ0v) is 26.1. The summed E-state index contributed by atoms with van der Waals surface area (Å²) >= 11 is 12.2. The van der Waals surface area contributed by atoms with Crippen LogP contribution in [0.3, 0.4) is 0 Å². The predicted molar refractivity (Wildman–Crippen MR) is 178 cm³/mol. The Morgan fingerprint density at radius 1 is 0.844 bits per heavy atom. The van der Waals surface area contributed by atoms with Gasteiger partial charge in [-0.05, 0) is 96.9 Å². The van der Waals surface area contributed by atoms with Crippen molar-refractivity contribution in [3.63, 3.8) is 0 Å². The Morgan fingerprint density at radius 3 is 2.40 bits per heavy atom. The largest absolute Gasteiger partial charge is 0.488 e. The normalized spacial score (nSPS) is 11.3. The van der Waals surface area contributed by atoms with Gasteiger partial charge in [-0.1, -0.05) is 59.6 Å². The highest BCUT2D eigenvalue weighted by Crippen LogP contribution is 2.29. The van der Waals surface area contributed by atoms with Gasteiger partial charge >= 0.3 is 5.91 Å². The fraction of sp³-hybridized carbons (Fsp3) is 0.111. The van der Waals surface area contributed by atoms with Gasteiger partial charge in [0.05, 0.1) is 16.3 Å². The molecule has 0 saturated carbocycles. The van der Waals surface area contributed by atoms with Crippen molar-refractivity contribution in [2.75, 3.05) is 0 Å². The number of hydrogen-bond donors (Lipinski definition) is 1. The molecule has 7 nitrogen and oxygen atoms in total. The molecule has 0 aliphatic heterocycles. The number of nitrogens with one attached hydrogen (secondary N) is 1. The van der Waals surface area contributed by atoms with Gasteiger partial charge in [0.2, 0.25) is 0 Å². The number of carbonyl (C=O) groups is 1. The molecule has 2 aromatic heterocycles. The molecule has 6 rings (SSSR count). The average Bonchev–Trinajstić information content (AvgIpc) is 3.67. The number of fused-ring (bicyclic) bond motifs is 1. The van der Waals surface area contributed by atoms with E-state index in [1.54, 1.807) is 30.5 Å². The molecule has 0 saturated heterocycles. The molecule has 4 aromatic carbocycles. The lowest BCUT2D eigenvalue weighted by Gasteiger charge is -2.12. The second kappa shape index (κ2) is 13.3. The van der Waals surface area contributed by atoms with Crippen LogP contribution in [0.1, 0.15) is 38.8 Å². The second-order valence-electron chi connectivity index (χ2n) is 10.4. The first kappa shape index (κ1) is 30.1. The van der Waals surface area contributed by atoms with Crippen LogP contribution in [-0.2, 0) is 13.2 Å². The minimum absolute atomic E-state index is 0.119. The van der Waals surface area contributed by atoms with Crippen molar-refractivity contribution < 1.29 is 18.7 Å². The molecule has 45 heavy (non-hydrogen) atoms. The van der Waals surface area contributed by atoms with E-state index in [1.165, 1.54) is 0 Å². The summed E-state index contributed by atoms with van der Waals surface area (Å²) in [5, 5.41) is 7.09. The van der Waals surface area contributed by atoms with Gasteiger partial charge < -0.3 is 18.5 Å². The number of nitrogens with zero attached hydrogens (tertiary/aromatic N) is 2. The Kier molecular flexibility index (Phi) is 8.91. The highest BCUT2D eigenvalue weighted by molar-refractivity contribution is 6.42. The van der Waals surface area contributed by atoms with Crippen LogP contribution in [0, 0.1) is 13.8 Å². The molecule has 0 spiro atoms. The Morgan fingerprint density at radius 2 is 1.62 bits per heavy atom. The fourth-order valence-corrected chi connectivity index (χ4v) is 5.36. The molecule has 0 radical (unpaired) electrons. The zero-order valence-electron chi connectivity index (χ0n) is 24.6. The summed E-state index contributed by atoms with van der Waals surface area (Å²) in [6.07, 6.45) is 1.57. The van der Waals surface area contributed by atoms with Crippen molar-refractivity contribution in [1.29, 1.82) is 0 Å². The summed E-state index contributed by atoms with van der Waals surface area (Å²) in [6.45, 7) is 4.59. The average molecular weight is 639 g/mol. The number of halogens is 2. The number of hydrogen-bond acceptors (Lipinski definition) is 5. The first-order chi connectivity index (χ1) is 21.9. The maximum Gasteiger partial charge on any atom is 0.307 e. The number of rotatable bonds is 10. The summed E-state index contributed by atoms with van der Waals surface area (Å²) in [5.74, 6) is 1.44. The van der Waals surface area contributed by atoms with Gasteiger partial charge in [0, 0.05) is 22.6 Å². The third-order valence-corrected chi connectivity index (χ3v) is 8.04. The van der Waals surface area contributed by atoms with Gasteiger partial charge in [0.15, 0.2) is 5.76 Å². The third kappa shape index (κ3) is 6.90. The van der Waals surface area contributed by atoms with Crippen LogP contribution in [0.15, 0.2) is 113 Å². The molecule has 0 aliphatic rings. The summed E-state index contributed by atoms with van der Waals surface area (Å²) < 4.78 is 19.9. The van der Waals surface area contributed by atoms with Gasteiger partial charge in [-0.15, -0.1) is 0 Å². The number of hydrazone groups is 1. The Bertz CT molecular complexity index is 1990. The van der Waals surface area contributed by atoms with Gasteiger partial charge in [-0.25, -0.2) is 5.43 Å². The lowest BCUT2D eigenvalue weighted by molar-refractivity contribution is 0.0923. The van der Waals surface area contributed by atoms with Crippen molar-refractivity contribution >= 4 is 46.1 Å². The number of carbonyl (C=O) groups excluding carboxylic acids is 1. The summed E-state index contributed by atoms with van der Waals surface area (Å²) in [6, 6.07) is 32.4. The quantitative estimate of drug-likeness (QED) is 0.120. The van der Waals surface area contributed by atoms with Gasteiger partial charge in [0.25, 0.3) is 0 Å². The van der Waals surface area contributed by atoms with Crippen LogP contribution in [0.5, 0.6) is 11.5 Å². The molecule has 0 aliphatic carbocycles. The number of ether oxygens (including phenoxy) is 2. The van der Waals surface area contributed by atoms with E-state index in [2.05, 4.69) is 41.1 Å². The van der Waals surface area contributed by atoms with E-state index in [9.17, 15) is 4.79 Å². The molecule has 1 amide bonds. The summed E-state index contributed by atoms with van der Waals surface area (Å²) in [4.78, 5) is 12.8. The van der Waals surface area contributed by atoms with E-state index in [-0.39, 0.29) is 19.0 Å². The molecule has 226 valence electrons. The zero-order chi connectivity index (χ0) is 31.3. The van der Waals surface area contributed by atoms with Gasteiger partial charge in [-0.3, -0.25) is 4.79 Å². The first-order valence-corrected chi connectivity index (χ1v) is 15.0. The van der Waals surface area contributed by atoms with Crippen LogP contribution in [0.2, 0.25) is 10.0 Å². The van der Waals surface area contributed by atoms with E-state index in [0.29, 0.717) is 27.3 Å². The lowest BCUT2D eigenvalue weighted by Crippen LogP contribution is -2.17. The van der Waals surface area contributed by atoms with E-state index in [1.807, 2.05) is 66.7 Å². The van der Waals surface area contributed by atoms with Crippen molar-refractivity contribution in [3.05, 3.63) is 147 Å². The number of furan rings is 1.